The van der Waals surface area contributed by atoms with Crippen LogP contribution in [0.15, 0.2) is 27.4 Å². The number of benzene rings is 1. The standard InChI is InChI=1S/C14H16N2O3/c17-12(7-9-3-5-15-6-4-9)10-1-2-11-13(8-10)19-14(18)16-11/h1-2,8-9,15H,3-7H2,(H,16,18). The second-order valence-electron chi connectivity index (χ2n) is 5.05. The van der Waals surface area contributed by atoms with Crippen molar-refractivity contribution >= 4 is 16.9 Å². The maximum Gasteiger partial charge on any atom is 0.417 e. The molecule has 5 nitrogen and oxygen atoms in total. The molecule has 1 fully saturated rings. The van der Waals surface area contributed by atoms with E-state index >= 15 is 0 Å². The van der Waals surface area contributed by atoms with Gasteiger partial charge in [0.25, 0.3) is 0 Å². The number of rotatable bonds is 3. The first-order valence-electron chi connectivity index (χ1n) is 6.59. The minimum atomic E-state index is -0.488. The molecule has 1 aliphatic heterocycles. The molecule has 0 spiro atoms. The lowest BCUT2D eigenvalue weighted by molar-refractivity contribution is 0.0952. The Kier molecular flexibility index (Phi) is 3.21. The van der Waals surface area contributed by atoms with Crippen LogP contribution in [0.4, 0.5) is 0 Å². The number of piperidine rings is 1. The van der Waals surface area contributed by atoms with Gasteiger partial charge >= 0.3 is 5.76 Å². The molecule has 2 heterocycles. The number of fused-ring (bicyclic) bond motifs is 1. The Bertz CT molecular complexity index is 650. The summed E-state index contributed by atoms with van der Waals surface area (Å²) in [6.45, 7) is 1.98. The quantitative estimate of drug-likeness (QED) is 0.823. The number of Topliss-reactive ketones (excluding diaryl/α,β-unsaturated/α-hetero) is 1. The molecule has 2 N–H and O–H groups in total. The summed E-state index contributed by atoms with van der Waals surface area (Å²) in [6.07, 6.45) is 2.67. The summed E-state index contributed by atoms with van der Waals surface area (Å²) < 4.78 is 4.98. The van der Waals surface area contributed by atoms with Crippen molar-refractivity contribution < 1.29 is 9.21 Å². The minimum absolute atomic E-state index is 0.123. The van der Waals surface area contributed by atoms with Crippen LogP contribution in [0.2, 0.25) is 0 Å². The molecule has 2 aromatic rings. The number of aromatic nitrogens is 1. The molecule has 0 amide bonds. The Morgan fingerprint density at radius 2 is 2.11 bits per heavy atom. The van der Waals surface area contributed by atoms with Crippen LogP contribution in [0.5, 0.6) is 0 Å². The summed E-state index contributed by atoms with van der Waals surface area (Å²) in [4.78, 5) is 25.8. The zero-order chi connectivity index (χ0) is 13.2. The summed E-state index contributed by atoms with van der Waals surface area (Å²) in [7, 11) is 0. The van der Waals surface area contributed by atoms with Gasteiger partial charge in [0, 0.05) is 12.0 Å². The highest BCUT2D eigenvalue weighted by molar-refractivity contribution is 5.98. The molecule has 0 aliphatic carbocycles. The smallest absolute Gasteiger partial charge is 0.408 e. The van der Waals surface area contributed by atoms with Crippen molar-refractivity contribution in [1.82, 2.24) is 10.3 Å². The fourth-order valence-corrected chi connectivity index (χ4v) is 2.58. The Hall–Kier alpha value is -1.88. The predicted octanol–water partition coefficient (Wildman–Crippen LogP) is 1.69. The van der Waals surface area contributed by atoms with Gasteiger partial charge in [-0.2, -0.15) is 0 Å². The summed E-state index contributed by atoms with van der Waals surface area (Å²) in [5.74, 6) is 0.0956. The second-order valence-corrected chi connectivity index (χ2v) is 5.05. The zero-order valence-electron chi connectivity index (χ0n) is 10.6. The van der Waals surface area contributed by atoms with Crippen LogP contribution in [0, 0.1) is 5.92 Å². The molecule has 0 atom stereocenters. The molecule has 1 aliphatic rings. The summed E-state index contributed by atoms with van der Waals surface area (Å²) in [6, 6.07) is 5.11. The lowest BCUT2D eigenvalue weighted by Gasteiger charge is -2.21. The van der Waals surface area contributed by atoms with E-state index in [2.05, 4.69) is 10.3 Å². The van der Waals surface area contributed by atoms with Crippen molar-refractivity contribution in [1.29, 1.82) is 0 Å². The van der Waals surface area contributed by atoms with E-state index < -0.39 is 5.76 Å². The van der Waals surface area contributed by atoms with Crippen molar-refractivity contribution in [2.45, 2.75) is 19.3 Å². The van der Waals surface area contributed by atoms with Gasteiger partial charge < -0.3 is 9.73 Å². The largest absolute Gasteiger partial charge is 0.417 e. The number of H-pyrrole nitrogens is 1. The van der Waals surface area contributed by atoms with E-state index in [-0.39, 0.29) is 5.78 Å². The normalized spacial score (nSPS) is 16.8. The molecule has 0 radical (unpaired) electrons. The van der Waals surface area contributed by atoms with E-state index in [0.29, 0.717) is 29.0 Å². The summed E-state index contributed by atoms with van der Waals surface area (Å²) in [5, 5.41) is 3.29. The molecule has 1 aromatic carbocycles. The Balaban J connectivity index is 1.78. The summed E-state index contributed by atoms with van der Waals surface area (Å²) >= 11 is 0. The molecule has 1 saturated heterocycles. The Morgan fingerprint density at radius 1 is 1.32 bits per heavy atom. The van der Waals surface area contributed by atoms with E-state index in [1.165, 1.54) is 0 Å². The number of ketones is 1. The van der Waals surface area contributed by atoms with E-state index in [1.54, 1.807) is 18.2 Å². The number of aromatic amines is 1. The number of oxazole rings is 1. The van der Waals surface area contributed by atoms with Crippen LogP contribution in [0.1, 0.15) is 29.6 Å². The fraction of sp³-hybridized carbons (Fsp3) is 0.429. The van der Waals surface area contributed by atoms with Crippen molar-refractivity contribution in [3.8, 4) is 0 Å². The SMILES string of the molecule is O=C(CC1CCNCC1)c1ccc2[nH]c(=O)oc2c1. The molecule has 0 bridgehead atoms. The lowest BCUT2D eigenvalue weighted by Crippen LogP contribution is -2.28. The number of nitrogens with one attached hydrogen (secondary N) is 2. The molecular formula is C14H16N2O3. The number of hydrogen-bond acceptors (Lipinski definition) is 4. The van der Waals surface area contributed by atoms with Gasteiger partial charge in [0.15, 0.2) is 11.4 Å². The average molecular weight is 260 g/mol. The van der Waals surface area contributed by atoms with Gasteiger partial charge in [-0.15, -0.1) is 0 Å². The predicted molar refractivity (Wildman–Crippen MR) is 71.4 cm³/mol. The maximum absolute atomic E-state index is 12.2. The van der Waals surface area contributed by atoms with E-state index in [4.69, 9.17) is 4.42 Å². The van der Waals surface area contributed by atoms with Crippen LogP contribution < -0.4 is 11.1 Å². The van der Waals surface area contributed by atoms with E-state index in [9.17, 15) is 9.59 Å². The number of carbonyl (C=O) groups is 1. The first-order valence-corrected chi connectivity index (χ1v) is 6.59. The molecule has 0 saturated carbocycles. The van der Waals surface area contributed by atoms with Gasteiger partial charge in [0.1, 0.15) is 0 Å². The Morgan fingerprint density at radius 3 is 2.89 bits per heavy atom. The van der Waals surface area contributed by atoms with Crippen molar-refractivity contribution in [3.05, 3.63) is 34.3 Å². The van der Waals surface area contributed by atoms with Crippen LogP contribution in [-0.4, -0.2) is 23.9 Å². The molecule has 19 heavy (non-hydrogen) atoms. The van der Waals surface area contributed by atoms with Crippen molar-refractivity contribution in [2.75, 3.05) is 13.1 Å². The topological polar surface area (TPSA) is 75.1 Å². The van der Waals surface area contributed by atoms with Crippen LogP contribution in [-0.2, 0) is 0 Å². The average Bonchev–Trinajstić information content (AvgIpc) is 2.78. The highest BCUT2D eigenvalue weighted by Gasteiger charge is 2.18. The highest BCUT2D eigenvalue weighted by atomic mass is 16.4. The van der Waals surface area contributed by atoms with E-state index in [1.807, 2.05) is 0 Å². The van der Waals surface area contributed by atoms with Crippen LogP contribution in [0.3, 0.4) is 0 Å². The third-order valence-electron chi connectivity index (χ3n) is 3.68. The third kappa shape index (κ3) is 2.61. The highest BCUT2D eigenvalue weighted by Crippen LogP contribution is 2.20. The molecular weight excluding hydrogens is 244 g/mol. The van der Waals surface area contributed by atoms with Crippen molar-refractivity contribution in [3.63, 3.8) is 0 Å². The second kappa shape index (κ2) is 5.01. The van der Waals surface area contributed by atoms with Crippen LogP contribution >= 0.6 is 0 Å². The van der Waals surface area contributed by atoms with Gasteiger partial charge in [-0.1, -0.05) is 0 Å². The first-order chi connectivity index (χ1) is 9.22. The zero-order valence-corrected chi connectivity index (χ0v) is 10.6. The molecule has 3 rings (SSSR count). The lowest BCUT2D eigenvalue weighted by atomic mass is 9.90. The van der Waals surface area contributed by atoms with Gasteiger partial charge in [-0.05, 0) is 50.0 Å². The van der Waals surface area contributed by atoms with Gasteiger partial charge in [0.2, 0.25) is 0 Å². The number of hydrogen-bond donors (Lipinski definition) is 2. The first kappa shape index (κ1) is 12.2. The maximum atomic E-state index is 12.2. The van der Waals surface area contributed by atoms with E-state index in [0.717, 1.165) is 25.9 Å². The van der Waals surface area contributed by atoms with Crippen molar-refractivity contribution in [2.24, 2.45) is 5.92 Å². The Labute approximate surface area is 110 Å². The third-order valence-corrected chi connectivity index (χ3v) is 3.68. The number of carbonyl (C=O) groups excluding carboxylic acids is 1. The fourth-order valence-electron chi connectivity index (χ4n) is 2.58. The van der Waals surface area contributed by atoms with Crippen LogP contribution in [0.25, 0.3) is 11.1 Å². The van der Waals surface area contributed by atoms with Gasteiger partial charge in [-0.25, -0.2) is 4.79 Å². The molecule has 5 heteroatoms. The van der Waals surface area contributed by atoms with Gasteiger partial charge in [-0.3, -0.25) is 9.78 Å². The van der Waals surface area contributed by atoms with Gasteiger partial charge in [0.05, 0.1) is 5.52 Å². The molecule has 1 aromatic heterocycles. The molecule has 0 unspecified atom stereocenters. The monoisotopic (exact) mass is 260 g/mol. The molecule has 100 valence electrons. The minimum Gasteiger partial charge on any atom is -0.408 e. The summed E-state index contributed by atoms with van der Waals surface area (Å²) in [5.41, 5.74) is 1.69.